The van der Waals surface area contributed by atoms with E-state index in [1.807, 2.05) is 16.7 Å². The molecule has 0 aliphatic rings. The van der Waals surface area contributed by atoms with Crippen molar-refractivity contribution in [3.63, 3.8) is 0 Å². The van der Waals surface area contributed by atoms with E-state index in [4.69, 9.17) is 17.3 Å². The van der Waals surface area contributed by atoms with Crippen LogP contribution in [0.4, 0.5) is 0 Å². The average molecular weight is 265 g/mol. The van der Waals surface area contributed by atoms with Gasteiger partial charge in [-0.1, -0.05) is 12.1 Å². The standard InChI is InChI=1S/C13H17ClN4/c1-10-4-2-5-11(8-10)18-12(6-3-7-15)16-17-13(18)9-14/h2,4-5,8H,3,6-7,9,15H2,1H3. The molecule has 1 aromatic heterocycles. The predicted octanol–water partition coefficient (Wildman–Crippen LogP) is 2.21. The molecule has 5 heteroatoms. The molecule has 0 saturated heterocycles. The van der Waals surface area contributed by atoms with Crippen LogP contribution in [-0.4, -0.2) is 21.3 Å². The van der Waals surface area contributed by atoms with Crippen molar-refractivity contribution in [2.24, 2.45) is 5.73 Å². The fourth-order valence-electron chi connectivity index (χ4n) is 1.93. The maximum absolute atomic E-state index is 5.92. The van der Waals surface area contributed by atoms with E-state index in [0.29, 0.717) is 12.4 Å². The fraction of sp³-hybridized carbons (Fsp3) is 0.385. The highest BCUT2D eigenvalue weighted by Gasteiger charge is 2.12. The van der Waals surface area contributed by atoms with Crippen molar-refractivity contribution < 1.29 is 0 Å². The van der Waals surface area contributed by atoms with Crippen molar-refractivity contribution >= 4 is 11.6 Å². The van der Waals surface area contributed by atoms with Gasteiger partial charge in [-0.05, 0) is 37.6 Å². The van der Waals surface area contributed by atoms with Crippen LogP contribution in [0.2, 0.25) is 0 Å². The van der Waals surface area contributed by atoms with Crippen LogP contribution in [-0.2, 0) is 12.3 Å². The van der Waals surface area contributed by atoms with Gasteiger partial charge in [-0.25, -0.2) is 0 Å². The lowest BCUT2D eigenvalue weighted by molar-refractivity contribution is 0.756. The summed E-state index contributed by atoms with van der Waals surface area (Å²) in [5, 5.41) is 8.34. The highest BCUT2D eigenvalue weighted by atomic mass is 35.5. The monoisotopic (exact) mass is 264 g/mol. The van der Waals surface area contributed by atoms with E-state index < -0.39 is 0 Å². The van der Waals surface area contributed by atoms with E-state index in [2.05, 4.69) is 29.3 Å². The van der Waals surface area contributed by atoms with Gasteiger partial charge in [0.25, 0.3) is 0 Å². The van der Waals surface area contributed by atoms with Crippen molar-refractivity contribution in [2.45, 2.75) is 25.6 Å². The van der Waals surface area contributed by atoms with Crippen LogP contribution in [0.1, 0.15) is 23.6 Å². The van der Waals surface area contributed by atoms with Crippen LogP contribution in [0.5, 0.6) is 0 Å². The number of halogens is 1. The van der Waals surface area contributed by atoms with Gasteiger partial charge in [0.15, 0.2) is 5.82 Å². The molecule has 0 aliphatic carbocycles. The molecule has 0 amide bonds. The Balaban J connectivity index is 2.43. The minimum Gasteiger partial charge on any atom is -0.330 e. The molecule has 0 fully saturated rings. The van der Waals surface area contributed by atoms with Gasteiger partial charge in [-0.3, -0.25) is 4.57 Å². The zero-order chi connectivity index (χ0) is 13.0. The van der Waals surface area contributed by atoms with Gasteiger partial charge in [-0.2, -0.15) is 0 Å². The summed E-state index contributed by atoms with van der Waals surface area (Å²) in [5.41, 5.74) is 7.80. The molecule has 96 valence electrons. The third-order valence-corrected chi connectivity index (χ3v) is 3.02. The number of rotatable bonds is 5. The molecule has 2 rings (SSSR count). The highest BCUT2D eigenvalue weighted by Crippen LogP contribution is 2.17. The molecule has 0 atom stereocenters. The molecule has 0 spiro atoms. The summed E-state index contributed by atoms with van der Waals surface area (Å²) in [6, 6.07) is 8.23. The lowest BCUT2D eigenvalue weighted by Crippen LogP contribution is -2.07. The summed E-state index contributed by atoms with van der Waals surface area (Å²) in [5.74, 6) is 2.04. The Morgan fingerprint density at radius 2 is 2.06 bits per heavy atom. The molecule has 2 aromatic rings. The van der Waals surface area contributed by atoms with Crippen molar-refractivity contribution in [1.82, 2.24) is 14.8 Å². The van der Waals surface area contributed by atoms with Crippen LogP contribution in [0, 0.1) is 6.92 Å². The topological polar surface area (TPSA) is 56.7 Å². The fourth-order valence-corrected chi connectivity index (χ4v) is 2.10. The first-order chi connectivity index (χ1) is 8.76. The Morgan fingerprint density at radius 1 is 1.28 bits per heavy atom. The van der Waals surface area contributed by atoms with Gasteiger partial charge in [0.05, 0.1) is 5.88 Å². The van der Waals surface area contributed by atoms with Crippen LogP contribution in [0.3, 0.4) is 0 Å². The number of hydrogen-bond acceptors (Lipinski definition) is 3. The normalized spacial score (nSPS) is 10.8. The summed E-state index contributed by atoms with van der Waals surface area (Å²) in [6.07, 6.45) is 1.71. The molecule has 4 nitrogen and oxygen atoms in total. The number of benzene rings is 1. The van der Waals surface area contributed by atoms with Gasteiger partial charge >= 0.3 is 0 Å². The third kappa shape index (κ3) is 2.71. The van der Waals surface area contributed by atoms with E-state index in [9.17, 15) is 0 Å². The molecule has 18 heavy (non-hydrogen) atoms. The van der Waals surface area contributed by atoms with Crippen LogP contribution < -0.4 is 5.73 Å². The number of aromatic nitrogens is 3. The lowest BCUT2D eigenvalue weighted by atomic mass is 10.2. The van der Waals surface area contributed by atoms with Gasteiger partial charge in [0.2, 0.25) is 0 Å². The summed E-state index contributed by atoms with van der Waals surface area (Å²) >= 11 is 5.92. The van der Waals surface area contributed by atoms with Crippen molar-refractivity contribution in [1.29, 1.82) is 0 Å². The molecule has 0 unspecified atom stereocenters. The summed E-state index contributed by atoms with van der Waals surface area (Å²) < 4.78 is 2.02. The molecule has 0 saturated carbocycles. The molecule has 0 bridgehead atoms. The van der Waals surface area contributed by atoms with E-state index >= 15 is 0 Å². The zero-order valence-electron chi connectivity index (χ0n) is 10.4. The van der Waals surface area contributed by atoms with Gasteiger partial charge in [0, 0.05) is 12.1 Å². The minimum atomic E-state index is 0.351. The molecular weight excluding hydrogens is 248 g/mol. The van der Waals surface area contributed by atoms with Crippen LogP contribution in [0.25, 0.3) is 5.69 Å². The second-order valence-corrected chi connectivity index (χ2v) is 4.50. The van der Waals surface area contributed by atoms with Gasteiger partial charge in [-0.15, -0.1) is 21.8 Å². The smallest absolute Gasteiger partial charge is 0.152 e. The number of alkyl halides is 1. The SMILES string of the molecule is Cc1cccc(-n2c(CCl)nnc2CCCN)c1. The largest absolute Gasteiger partial charge is 0.330 e. The first kappa shape index (κ1) is 13.1. The molecule has 1 aromatic carbocycles. The first-order valence-electron chi connectivity index (χ1n) is 6.02. The molecule has 1 heterocycles. The maximum atomic E-state index is 5.92. The summed E-state index contributed by atoms with van der Waals surface area (Å²) in [6.45, 7) is 2.71. The summed E-state index contributed by atoms with van der Waals surface area (Å²) in [4.78, 5) is 0. The van der Waals surface area contributed by atoms with E-state index in [0.717, 1.165) is 30.2 Å². The van der Waals surface area contributed by atoms with Crippen LogP contribution in [0.15, 0.2) is 24.3 Å². The van der Waals surface area contributed by atoms with Crippen molar-refractivity contribution in [2.75, 3.05) is 6.54 Å². The van der Waals surface area contributed by atoms with Crippen molar-refractivity contribution in [3.8, 4) is 5.69 Å². The van der Waals surface area contributed by atoms with Crippen LogP contribution >= 0.6 is 11.6 Å². The maximum Gasteiger partial charge on any atom is 0.152 e. The summed E-state index contributed by atoms with van der Waals surface area (Å²) in [7, 11) is 0. The molecule has 0 radical (unpaired) electrons. The van der Waals surface area contributed by atoms with E-state index in [1.165, 1.54) is 5.56 Å². The average Bonchev–Trinajstić information content (AvgIpc) is 2.79. The second kappa shape index (κ2) is 5.98. The predicted molar refractivity (Wildman–Crippen MR) is 73.0 cm³/mol. The lowest BCUT2D eigenvalue weighted by Gasteiger charge is -2.09. The Kier molecular flexibility index (Phi) is 4.33. The van der Waals surface area contributed by atoms with Gasteiger partial charge < -0.3 is 5.73 Å². The Labute approximate surface area is 112 Å². The van der Waals surface area contributed by atoms with Gasteiger partial charge in [0.1, 0.15) is 5.82 Å². The zero-order valence-corrected chi connectivity index (χ0v) is 11.2. The minimum absolute atomic E-state index is 0.351. The number of nitrogens with two attached hydrogens (primary N) is 1. The third-order valence-electron chi connectivity index (χ3n) is 2.78. The Morgan fingerprint density at radius 3 is 2.72 bits per heavy atom. The molecule has 0 aliphatic heterocycles. The van der Waals surface area contributed by atoms with E-state index in [1.54, 1.807) is 0 Å². The first-order valence-corrected chi connectivity index (χ1v) is 6.56. The molecule has 2 N–H and O–H groups in total. The second-order valence-electron chi connectivity index (χ2n) is 4.23. The number of nitrogens with zero attached hydrogens (tertiary/aromatic N) is 3. The van der Waals surface area contributed by atoms with Crippen molar-refractivity contribution in [3.05, 3.63) is 41.5 Å². The molecular formula is C13H17ClN4. The highest BCUT2D eigenvalue weighted by molar-refractivity contribution is 6.16. The Bertz CT molecular complexity index is 521. The van der Waals surface area contributed by atoms with E-state index in [-0.39, 0.29) is 0 Å². The number of hydrogen-bond donors (Lipinski definition) is 1. The number of aryl methyl sites for hydroxylation is 2. The Hall–Kier alpha value is -1.39. The quantitative estimate of drug-likeness (QED) is 0.843.